The topological polar surface area (TPSA) is 63.3 Å². The molecule has 2 aromatic carbocycles. The average Bonchev–Trinajstić information content (AvgIpc) is 2.86. The molecule has 19 heavy (non-hydrogen) atoms. The van der Waals surface area contributed by atoms with Crippen LogP contribution < -0.4 is 0 Å². The Balaban J connectivity index is 1.91. The molecule has 0 unspecified atom stereocenters. The molecule has 1 N–H and O–H groups in total. The van der Waals surface area contributed by atoms with Gasteiger partial charge in [-0.15, -0.1) is 0 Å². The second kappa shape index (κ2) is 4.57. The highest BCUT2D eigenvalue weighted by Gasteiger charge is 2.05. The Bertz CT molecular complexity index is 746. The third-order valence-corrected chi connectivity index (χ3v) is 2.98. The molecule has 0 aliphatic rings. The van der Waals surface area contributed by atoms with Crippen LogP contribution in [0.1, 0.15) is 21.5 Å². The number of carboxylic acid groups (broad SMARTS) is 1. The van der Waals surface area contributed by atoms with E-state index in [9.17, 15) is 4.79 Å². The molecule has 3 rings (SSSR count). The Hall–Kier alpha value is -2.62. The van der Waals surface area contributed by atoms with Crippen molar-refractivity contribution in [2.24, 2.45) is 0 Å². The predicted molar refractivity (Wildman–Crippen MR) is 70.2 cm³/mol. The number of hydrogen-bond donors (Lipinski definition) is 1. The van der Waals surface area contributed by atoms with Crippen molar-refractivity contribution in [3.63, 3.8) is 0 Å². The second-order valence-corrected chi connectivity index (χ2v) is 4.34. The van der Waals surface area contributed by atoms with Crippen LogP contribution in [-0.2, 0) is 6.42 Å². The summed E-state index contributed by atoms with van der Waals surface area (Å²) in [5.41, 5.74) is 3.89. The van der Waals surface area contributed by atoms with Gasteiger partial charge in [-0.05, 0) is 41.8 Å². The van der Waals surface area contributed by atoms with E-state index < -0.39 is 5.97 Å². The predicted octanol–water partition coefficient (Wildman–Crippen LogP) is 3.12. The van der Waals surface area contributed by atoms with Crippen molar-refractivity contribution in [2.75, 3.05) is 0 Å². The monoisotopic (exact) mass is 253 g/mol. The number of fused-ring (bicyclic) bond motifs is 1. The van der Waals surface area contributed by atoms with Crippen LogP contribution in [0.25, 0.3) is 11.1 Å². The first-order chi connectivity index (χ1) is 9.22. The van der Waals surface area contributed by atoms with Gasteiger partial charge in [-0.3, -0.25) is 0 Å². The SMILES string of the molecule is O=C(O)c1cccc(Cc2ccc3ncoc3c2)c1. The van der Waals surface area contributed by atoms with E-state index in [1.807, 2.05) is 24.3 Å². The maximum absolute atomic E-state index is 10.9. The van der Waals surface area contributed by atoms with E-state index in [4.69, 9.17) is 9.52 Å². The van der Waals surface area contributed by atoms with E-state index >= 15 is 0 Å². The number of carboxylic acids is 1. The van der Waals surface area contributed by atoms with Gasteiger partial charge in [0.1, 0.15) is 5.52 Å². The first-order valence-electron chi connectivity index (χ1n) is 5.87. The molecule has 0 saturated carbocycles. The van der Waals surface area contributed by atoms with Crippen LogP contribution in [0.15, 0.2) is 53.3 Å². The third-order valence-electron chi connectivity index (χ3n) is 2.98. The molecule has 0 amide bonds. The van der Waals surface area contributed by atoms with Gasteiger partial charge in [0, 0.05) is 0 Å². The molecule has 4 nitrogen and oxygen atoms in total. The Morgan fingerprint density at radius 3 is 2.84 bits per heavy atom. The molecule has 0 radical (unpaired) electrons. The lowest BCUT2D eigenvalue weighted by Crippen LogP contribution is -1.97. The van der Waals surface area contributed by atoms with E-state index in [0.717, 1.165) is 22.2 Å². The molecule has 0 aliphatic heterocycles. The number of aromatic nitrogens is 1. The summed E-state index contributed by atoms with van der Waals surface area (Å²) < 4.78 is 5.25. The number of aromatic carboxylic acids is 1. The number of carbonyl (C=O) groups is 1. The minimum atomic E-state index is -0.910. The van der Waals surface area contributed by atoms with Crippen molar-refractivity contribution in [3.05, 3.63) is 65.5 Å². The van der Waals surface area contributed by atoms with Gasteiger partial charge >= 0.3 is 5.97 Å². The van der Waals surface area contributed by atoms with Gasteiger partial charge in [-0.1, -0.05) is 18.2 Å². The Morgan fingerprint density at radius 2 is 2.00 bits per heavy atom. The van der Waals surface area contributed by atoms with Crippen LogP contribution in [0.4, 0.5) is 0 Å². The van der Waals surface area contributed by atoms with Crippen molar-refractivity contribution in [1.29, 1.82) is 0 Å². The Kier molecular flexibility index (Phi) is 2.76. The highest BCUT2D eigenvalue weighted by atomic mass is 16.4. The smallest absolute Gasteiger partial charge is 0.335 e. The summed E-state index contributed by atoms with van der Waals surface area (Å²) in [6.07, 6.45) is 2.08. The molecule has 1 aromatic heterocycles. The fourth-order valence-corrected chi connectivity index (χ4v) is 2.06. The zero-order chi connectivity index (χ0) is 13.2. The van der Waals surface area contributed by atoms with E-state index in [1.54, 1.807) is 18.2 Å². The summed E-state index contributed by atoms with van der Waals surface area (Å²) in [6.45, 7) is 0. The Morgan fingerprint density at radius 1 is 1.16 bits per heavy atom. The minimum absolute atomic E-state index is 0.304. The summed E-state index contributed by atoms with van der Waals surface area (Å²) in [7, 11) is 0. The van der Waals surface area contributed by atoms with Gasteiger partial charge in [0.25, 0.3) is 0 Å². The molecule has 4 heteroatoms. The first-order valence-corrected chi connectivity index (χ1v) is 5.87. The molecular weight excluding hydrogens is 242 g/mol. The molecule has 0 saturated heterocycles. The van der Waals surface area contributed by atoms with Crippen molar-refractivity contribution >= 4 is 17.1 Å². The number of nitrogens with zero attached hydrogens (tertiary/aromatic N) is 1. The van der Waals surface area contributed by atoms with Crippen LogP contribution in [-0.4, -0.2) is 16.1 Å². The van der Waals surface area contributed by atoms with Gasteiger partial charge in [0.05, 0.1) is 5.56 Å². The molecule has 94 valence electrons. The summed E-state index contributed by atoms with van der Waals surface area (Å²) in [5.74, 6) is -0.910. The van der Waals surface area contributed by atoms with Gasteiger partial charge in [0.2, 0.25) is 0 Å². The van der Waals surface area contributed by atoms with Crippen molar-refractivity contribution in [3.8, 4) is 0 Å². The van der Waals surface area contributed by atoms with Gasteiger partial charge in [-0.2, -0.15) is 0 Å². The fourth-order valence-electron chi connectivity index (χ4n) is 2.06. The molecule has 3 aromatic rings. The number of rotatable bonds is 3. The van der Waals surface area contributed by atoms with Crippen LogP contribution >= 0.6 is 0 Å². The largest absolute Gasteiger partial charge is 0.478 e. The van der Waals surface area contributed by atoms with Crippen molar-refractivity contribution < 1.29 is 14.3 Å². The second-order valence-electron chi connectivity index (χ2n) is 4.34. The standard InChI is InChI=1S/C15H11NO3/c17-15(18)12-3-1-2-10(7-12)6-11-4-5-13-14(8-11)19-9-16-13/h1-5,7-9H,6H2,(H,17,18). The number of oxazole rings is 1. The molecule has 0 spiro atoms. The van der Waals surface area contributed by atoms with E-state index in [0.29, 0.717) is 12.0 Å². The molecule has 0 atom stereocenters. The zero-order valence-corrected chi connectivity index (χ0v) is 10.0. The highest BCUT2D eigenvalue weighted by Crippen LogP contribution is 2.17. The molecule has 0 fully saturated rings. The zero-order valence-electron chi connectivity index (χ0n) is 10.0. The lowest BCUT2D eigenvalue weighted by atomic mass is 10.0. The van der Waals surface area contributed by atoms with Gasteiger partial charge < -0.3 is 9.52 Å². The summed E-state index contributed by atoms with van der Waals surface area (Å²) in [5, 5.41) is 8.97. The van der Waals surface area contributed by atoms with Crippen LogP contribution in [0, 0.1) is 0 Å². The average molecular weight is 253 g/mol. The van der Waals surface area contributed by atoms with Crippen molar-refractivity contribution in [1.82, 2.24) is 4.98 Å². The molecule has 1 heterocycles. The minimum Gasteiger partial charge on any atom is -0.478 e. The highest BCUT2D eigenvalue weighted by molar-refractivity contribution is 5.87. The van der Waals surface area contributed by atoms with Crippen LogP contribution in [0.5, 0.6) is 0 Å². The number of benzene rings is 2. The first kappa shape index (κ1) is 11.5. The molecule has 0 aliphatic carbocycles. The van der Waals surface area contributed by atoms with E-state index in [-0.39, 0.29) is 0 Å². The summed E-state index contributed by atoms with van der Waals surface area (Å²) in [4.78, 5) is 15.0. The summed E-state index contributed by atoms with van der Waals surface area (Å²) >= 11 is 0. The molecule has 0 bridgehead atoms. The van der Waals surface area contributed by atoms with Crippen LogP contribution in [0.3, 0.4) is 0 Å². The quantitative estimate of drug-likeness (QED) is 0.779. The van der Waals surface area contributed by atoms with Gasteiger partial charge in [0.15, 0.2) is 12.0 Å². The van der Waals surface area contributed by atoms with Gasteiger partial charge in [-0.25, -0.2) is 9.78 Å². The third kappa shape index (κ3) is 2.33. The maximum Gasteiger partial charge on any atom is 0.335 e. The van der Waals surface area contributed by atoms with Crippen LogP contribution in [0.2, 0.25) is 0 Å². The van der Waals surface area contributed by atoms with E-state index in [2.05, 4.69) is 4.98 Å². The van der Waals surface area contributed by atoms with Crippen molar-refractivity contribution in [2.45, 2.75) is 6.42 Å². The van der Waals surface area contributed by atoms with E-state index in [1.165, 1.54) is 6.39 Å². The number of hydrogen-bond acceptors (Lipinski definition) is 3. The summed E-state index contributed by atoms with van der Waals surface area (Å²) in [6, 6.07) is 12.7. The molecular formula is C15H11NO3. The lowest BCUT2D eigenvalue weighted by molar-refractivity contribution is 0.0697. The normalized spacial score (nSPS) is 10.7. The Labute approximate surface area is 109 Å². The lowest BCUT2D eigenvalue weighted by Gasteiger charge is -2.03. The fraction of sp³-hybridized carbons (Fsp3) is 0.0667. The maximum atomic E-state index is 10.9.